The van der Waals surface area contributed by atoms with Crippen LogP contribution in [0.15, 0.2) is 30.3 Å². The molecule has 0 aliphatic heterocycles. The Kier molecular flexibility index (Phi) is 7.91. The molecule has 2 N–H and O–H groups in total. The van der Waals surface area contributed by atoms with Gasteiger partial charge in [-0.05, 0) is 12.1 Å². The maximum Gasteiger partial charge on any atom is 0.327 e. The van der Waals surface area contributed by atoms with Crippen LogP contribution < -0.4 is 10.2 Å². The van der Waals surface area contributed by atoms with Crippen LogP contribution in [0.4, 0.5) is 5.69 Å². The Labute approximate surface area is 144 Å². The summed E-state index contributed by atoms with van der Waals surface area (Å²) >= 11 is 7.30. The summed E-state index contributed by atoms with van der Waals surface area (Å²) in [5.41, 5.74) is 0.731. The van der Waals surface area contributed by atoms with Crippen LogP contribution in [0, 0.1) is 0 Å². The second-order valence-corrected chi connectivity index (χ2v) is 6.43. The highest BCUT2D eigenvalue weighted by molar-refractivity contribution is 7.99. The summed E-state index contributed by atoms with van der Waals surface area (Å²) in [7, 11) is 1.63. The number of rotatable bonds is 8. The topological polar surface area (TPSA) is 86.7 Å². The molecule has 126 valence electrons. The van der Waals surface area contributed by atoms with Crippen LogP contribution in [-0.2, 0) is 14.4 Å². The zero-order valence-electron chi connectivity index (χ0n) is 12.9. The van der Waals surface area contributed by atoms with E-state index >= 15 is 0 Å². The van der Waals surface area contributed by atoms with Crippen LogP contribution in [-0.4, -0.2) is 52.9 Å². The first-order valence-corrected chi connectivity index (χ1v) is 8.46. The van der Waals surface area contributed by atoms with Crippen molar-refractivity contribution in [1.82, 2.24) is 5.32 Å². The van der Waals surface area contributed by atoms with E-state index in [1.807, 2.05) is 18.2 Å². The highest BCUT2D eigenvalue weighted by Gasteiger charge is 2.23. The maximum atomic E-state index is 12.2. The van der Waals surface area contributed by atoms with Crippen LogP contribution in [0.2, 0.25) is 0 Å². The Morgan fingerprint density at radius 1 is 1.26 bits per heavy atom. The zero-order valence-corrected chi connectivity index (χ0v) is 14.4. The third-order valence-electron chi connectivity index (χ3n) is 2.97. The fourth-order valence-corrected chi connectivity index (χ4v) is 3.13. The number of hydrogen-bond donors (Lipinski definition) is 2. The minimum absolute atomic E-state index is 0.139. The highest BCUT2D eigenvalue weighted by atomic mass is 35.5. The number of amides is 2. The summed E-state index contributed by atoms with van der Waals surface area (Å²) in [6, 6.07) is 8.09. The number of halogens is 1. The number of hydrogen-bond acceptors (Lipinski definition) is 4. The Bertz CT molecular complexity index is 556. The number of carbonyl (C=O) groups excluding carboxylic acids is 2. The predicted molar refractivity (Wildman–Crippen MR) is 92.1 cm³/mol. The molecule has 1 aromatic rings. The number of aliphatic carboxylic acids is 1. The van der Waals surface area contributed by atoms with Crippen molar-refractivity contribution in [3.63, 3.8) is 0 Å². The van der Waals surface area contributed by atoms with Crippen molar-refractivity contribution in [3.05, 3.63) is 30.3 Å². The molecule has 0 radical (unpaired) electrons. The van der Waals surface area contributed by atoms with Gasteiger partial charge in [0.25, 0.3) is 0 Å². The molecule has 6 nitrogen and oxygen atoms in total. The Hall–Kier alpha value is -1.73. The van der Waals surface area contributed by atoms with Gasteiger partial charge in [0.05, 0.1) is 0 Å². The average Bonchev–Trinajstić information content (AvgIpc) is 2.52. The van der Waals surface area contributed by atoms with E-state index in [2.05, 4.69) is 5.32 Å². The van der Waals surface area contributed by atoms with E-state index in [-0.39, 0.29) is 17.4 Å². The number of carboxylic acids is 1. The molecule has 1 rings (SSSR count). The van der Waals surface area contributed by atoms with Gasteiger partial charge in [0, 0.05) is 31.2 Å². The van der Waals surface area contributed by atoms with E-state index in [1.165, 1.54) is 23.6 Å². The minimum atomic E-state index is -1.12. The molecular formula is C15H19ClN2O4S. The van der Waals surface area contributed by atoms with Crippen LogP contribution in [0.1, 0.15) is 6.92 Å². The Morgan fingerprint density at radius 3 is 2.39 bits per heavy atom. The number of carboxylic acid groups (broad SMARTS) is 1. The van der Waals surface area contributed by atoms with Gasteiger partial charge < -0.3 is 15.3 Å². The summed E-state index contributed by atoms with van der Waals surface area (Å²) in [5.74, 6) is -1.41. The standard InChI is InChI=1S/C15H19ClN2O4S/c1-10(19)17-13(15(21)22)9-23-8-12(16)14(20)18(2)11-6-4-3-5-7-11/h3-7,12-13H,8-9H2,1-2H3,(H,17,19)(H,21,22). The van der Waals surface area contributed by atoms with Crippen molar-refractivity contribution in [2.45, 2.75) is 18.3 Å². The first kappa shape index (κ1) is 19.3. The predicted octanol–water partition coefficient (Wildman–Crippen LogP) is 1.58. The van der Waals surface area contributed by atoms with Crippen molar-refractivity contribution in [1.29, 1.82) is 0 Å². The van der Waals surface area contributed by atoms with Crippen molar-refractivity contribution in [3.8, 4) is 0 Å². The maximum absolute atomic E-state index is 12.2. The summed E-state index contributed by atoms with van der Waals surface area (Å²) in [5, 5.41) is 10.5. The van der Waals surface area contributed by atoms with Gasteiger partial charge in [-0.2, -0.15) is 11.8 Å². The lowest BCUT2D eigenvalue weighted by atomic mass is 10.3. The number of para-hydroxylation sites is 1. The molecule has 1 aromatic carbocycles. The second-order valence-electron chi connectivity index (χ2n) is 4.83. The second kappa shape index (κ2) is 9.42. The molecule has 2 atom stereocenters. The van der Waals surface area contributed by atoms with Gasteiger partial charge >= 0.3 is 5.97 Å². The molecule has 23 heavy (non-hydrogen) atoms. The molecule has 2 amide bonds. The fourth-order valence-electron chi connectivity index (χ4n) is 1.77. The van der Waals surface area contributed by atoms with Gasteiger partial charge in [-0.15, -0.1) is 11.6 Å². The summed E-state index contributed by atoms with van der Waals surface area (Å²) < 4.78 is 0. The van der Waals surface area contributed by atoms with Gasteiger partial charge in [-0.1, -0.05) is 18.2 Å². The van der Waals surface area contributed by atoms with E-state index in [0.717, 1.165) is 5.69 Å². The number of thioether (sulfide) groups is 1. The Morgan fingerprint density at radius 2 is 1.87 bits per heavy atom. The number of alkyl halides is 1. The summed E-state index contributed by atoms with van der Waals surface area (Å²) in [6.45, 7) is 1.25. The molecule has 8 heteroatoms. The lowest BCUT2D eigenvalue weighted by molar-refractivity contribution is -0.140. The fraction of sp³-hybridized carbons (Fsp3) is 0.400. The normalized spacial score (nSPS) is 13.0. The Balaban J connectivity index is 2.49. The molecule has 0 spiro atoms. The number of nitrogens with zero attached hydrogens (tertiary/aromatic N) is 1. The molecule has 0 saturated carbocycles. The lowest BCUT2D eigenvalue weighted by Gasteiger charge is -2.20. The van der Waals surface area contributed by atoms with E-state index < -0.39 is 23.3 Å². The molecule has 0 aliphatic carbocycles. The van der Waals surface area contributed by atoms with E-state index in [1.54, 1.807) is 19.2 Å². The van der Waals surface area contributed by atoms with Gasteiger partial charge in [0.2, 0.25) is 11.8 Å². The van der Waals surface area contributed by atoms with Gasteiger partial charge in [-0.3, -0.25) is 9.59 Å². The molecule has 0 saturated heterocycles. The molecule has 2 unspecified atom stereocenters. The third-order valence-corrected chi connectivity index (χ3v) is 4.63. The van der Waals surface area contributed by atoms with Crippen molar-refractivity contribution in [2.24, 2.45) is 0 Å². The van der Waals surface area contributed by atoms with Crippen LogP contribution in [0.5, 0.6) is 0 Å². The zero-order chi connectivity index (χ0) is 17.4. The molecule has 0 heterocycles. The highest BCUT2D eigenvalue weighted by Crippen LogP contribution is 2.17. The van der Waals surface area contributed by atoms with Gasteiger partial charge in [0.15, 0.2) is 0 Å². The molecule has 0 fully saturated rings. The van der Waals surface area contributed by atoms with E-state index in [0.29, 0.717) is 0 Å². The monoisotopic (exact) mass is 358 g/mol. The number of anilines is 1. The first-order valence-electron chi connectivity index (χ1n) is 6.87. The number of benzene rings is 1. The average molecular weight is 359 g/mol. The lowest BCUT2D eigenvalue weighted by Crippen LogP contribution is -2.42. The SMILES string of the molecule is CC(=O)NC(CSCC(Cl)C(=O)N(C)c1ccccc1)C(=O)O. The number of carbonyl (C=O) groups is 3. The van der Waals surface area contributed by atoms with Gasteiger partial charge in [-0.25, -0.2) is 4.79 Å². The van der Waals surface area contributed by atoms with Crippen LogP contribution in [0.3, 0.4) is 0 Å². The first-order chi connectivity index (χ1) is 10.8. The van der Waals surface area contributed by atoms with Crippen LogP contribution >= 0.6 is 23.4 Å². The molecule has 0 bridgehead atoms. The molecular weight excluding hydrogens is 340 g/mol. The van der Waals surface area contributed by atoms with Crippen molar-refractivity contribution >= 4 is 46.8 Å². The van der Waals surface area contributed by atoms with E-state index in [4.69, 9.17) is 16.7 Å². The number of nitrogens with one attached hydrogen (secondary N) is 1. The molecule has 0 aliphatic rings. The minimum Gasteiger partial charge on any atom is -0.480 e. The quantitative estimate of drug-likeness (QED) is 0.689. The van der Waals surface area contributed by atoms with E-state index in [9.17, 15) is 14.4 Å². The third kappa shape index (κ3) is 6.50. The molecule has 0 aromatic heterocycles. The van der Waals surface area contributed by atoms with Crippen molar-refractivity contribution in [2.75, 3.05) is 23.5 Å². The summed E-state index contributed by atoms with van der Waals surface area (Å²) in [4.78, 5) is 35.6. The van der Waals surface area contributed by atoms with Crippen LogP contribution in [0.25, 0.3) is 0 Å². The van der Waals surface area contributed by atoms with Crippen molar-refractivity contribution < 1.29 is 19.5 Å². The summed E-state index contributed by atoms with van der Waals surface area (Å²) in [6.07, 6.45) is 0. The largest absolute Gasteiger partial charge is 0.480 e. The van der Waals surface area contributed by atoms with Gasteiger partial charge in [0.1, 0.15) is 11.4 Å². The smallest absolute Gasteiger partial charge is 0.327 e.